The van der Waals surface area contributed by atoms with Crippen LogP contribution in [-0.2, 0) is 29.7 Å². The molecule has 1 fully saturated rings. The molecule has 0 N–H and O–H groups in total. The molecule has 1 aliphatic rings. The van der Waals surface area contributed by atoms with E-state index >= 15 is 0 Å². The topological polar surface area (TPSA) is 93.5 Å². The van der Waals surface area contributed by atoms with E-state index in [4.69, 9.17) is 4.74 Å². The van der Waals surface area contributed by atoms with Crippen LogP contribution in [0.15, 0.2) is 46.6 Å². The molecule has 2 amide bonds. The minimum atomic E-state index is -0.346. The van der Waals surface area contributed by atoms with Crippen molar-refractivity contribution in [2.45, 2.75) is 23.6 Å². The van der Waals surface area contributed by atoms with Gasteiger partial charge < -0.3 is 14.5 Å². The van der Waals surface area contributed by atoms with Gasteiger partial charge in [0.25, 0.3) is 5.91 Å². The number of carbonyl (C=O) groups excluding carboxylic acids is 2. The first-order valence-corrected chi connectivity index (χ1v) is 12.2. The fourth-order valence-corrected chi connectivity index (χ4v) is 4.71. The molecule has 4 heterocycles. The highest BCUT2D eigenvalue weighted by Crippen LogP contribution is 2.22. The first-order valence-electron chi connectivity index (χ1n) is 10.1. The van der Waals surface area contributed by atoms with Gasteiger partial charge in [-0.3, -0.25) is 19.3 Å². The monoisotopic (exact) mass is 472 g/mol. The number of thiazole rings is 1. The molecule has 168 valence electrons. The molecule has 0 bridgehead atoms. The van der Waals surface area contributed by atoms with Gasteiger partial charge in [0.2, 0.25) is 5.91 Å². The Kier molecular flexibility index (Phi) is 7.18. The van der Waals surface area contributed by atoms with E-state index in [-0.39, 0.29) is 24.5 Å². The van der Waals surface area contributed by atoms with Crippen molar-refractivity contribution in [3.63, 3.8) is 0 Å². The Morgan fingerprint density at radius 3 is 2.88 bits per heavy atom. The number of hydrogen-bond donors (Lipinski definition) is 0. The molecule has 1 saturated heterocycles. The van der Waals surface area contributed by atoms with Crippen LogP contribution in [0, 0.1) is 0 Å². The number of pyridine rings is 1. The second-order valence-corrected chi connectivity index (χ2v) is 9.39. The van der Waals surface area contributed by atoms with Crippen LogP contribution < -0.4 is 0 Å². The van der Waals surface area contributed by atoms with Gasteiger partial charge in [0.15, 0.2) is 0 Å². The molecule has 0 radical (unpaired) electrons. The SMILES string of the molecule is CSc1nc(C(=O)N2CC(=O)N(Cc3cnn(C)c3)C[C@@H](OCc3cccnc3)C2)cs1. The Morgan fingerprint density at radius 2 is 2.19 bits per heavy atom. The van der Waals surface area contributed by atoms with Gasteiger partial charge in [0, 0.05) is 56.2 Å². The minimum absolute atomic E-state index is 0.0159. The highest BCUT2D eigenvalue weighted by Gasteiger charge is 2.32. The van der Waals surface area contributed by atoms with Gasteiger partial charge in [-0.15, -0.1) is 11.3 Å². The highest BCUT2D eigenvalue weighted by molar-refractivity contribution is 8.00. The van der Waals surface area contributed by atoms with Gasteiger partial charge in [-0.05, 0) is 17.9 Å². The first-order chi connectivity index (χ1) is 15.5. The molecule has 0 saturated carbocycles. The molecule has 1 atom stereocenters. The summed E-state index contributed by atoms with van der Waals surface area (Å²) in [4.78, 5) is 38.0. The van der Waals surface area contributed by atoms with E-state index in [2.05, 4.69) is 15.1 Å². The third-order valence-corrected chi connectivity index (χ3v) is 6.89. The van der Waals surface area contributed by atoms with E-state index in [1.165, 1.54) is 23.1 Å². The number of aryl methyl sites for hydroxylation is 1. The van der Waals surface area contributed by atoms with Crippen molar-refractivity contribution < 1.29 is 14.3 Å². The lowest BCUT2D eigenvalue weighted by Crippen LogP contribution is -2.39. The summed E-state index contributed by atoms with van der Waals surface area (Å²) in [6, 6.07) is 3.79. The van der Waals surface area contributed by atoms with Gasteiger partial charge in [0.1, 0.15) is 16.6 Å². The zero-order valence-corrected chi connectivity index (χ0v) is 19.5. The van der Waals surface area contributed by atoms with Gasteiger partial charge >= 0.3 is 0 Å². The molecule has 4 rings (SSSR count). The summed E-state index contributed by atoms with van der Waals surface area (Å²) in [5, 5.41) is 5.92. The maximum absolute atomic E-state index is 13.1. The summed E-state index contributed by atoms with van der Waals surface area (Å²) in [6.45, 7) is 1.43. The number of rotatable bonds is 7. The van der Waals surface area contributed by atoms with Crippen molar-refractivity contribution in [3.8, 4) is 0 Å². The molecule has 3 aromatic rings. The van der Waals surface area contributed by atoms with Gasteiger partial charge in [-0.2, -0.15) is 5.10 Å². The predicted molar refractivity (Wildman–Crippen MR) is 121 cm³/mol. The number of nitrogens with zero attached hydrogens (tertiary/aromatic N) is 6. The van der Waals surface area contributed by atoms with Crippen LogP contribution in [0.3, 0.4) is 0 Å². The molecule has 0 spiro atoms. The predicted octanol–water partition coefficient (Wildman–Crippen LogP) is 2.06. The van der Waals surface area contributed by atoms with E-state index < -0.39 is 0 Å². The maximum Gasteiger partial charge on any atom is 0.273 e. The lowest BCUT2D eigenvalue weighted by Gasteiger charge is -2.24. The lowest BCUT2D eigenvalue weighted by molar-refractivity contribution is -0.132. The van der Waals surface area contributed by atoms with Gasteiger partial charge in [-0.25, -0.2) is 4.98 Å². The molecular formula is C21H24N6O3S2. The van der Waals surface area contributed by atoms with Crippen molar-refractivity contribution in [1.29, 1.82) is 0 Å². The Balaban J connectivity index is 1.52. The zero-order valence-electron chi connectivity index (χ0n) is 17.9. The summed E-state index contributed by atoms with van der Waals surface area (Å²) in [5.74, 6) is -0.386. The third-order valence-electron chi connectivity index (χ3n) is 5.03. The van der Waals surface area contributed by atoms with Gasteiger partial charge in [-0.1, -0.05) is 17.8 Å². The number of aromatic nitrogens is 4. The van der Waals surface area contributed by atoms with Crippen LogP contribution in [0.5, 0.6) is 0 Å². The molecule has 0 aromatic carbocycles. The summed E-state index contributed by atoms with van der Waals surface area (Å²) >= 11 is 2.91. The lowest BCUT2D eigenvalue weighted by atomic mass is 10.2. The summed E-state index contributed by atoms with van der Waals surface area (Å²) in [6.07, 6.45) is 8.65. The van der Waals surface area contributed by atoms with Crippen molar-refractivity contribution in [1.82, 2.24) is 29.5 Å². The molecular weight excluding hydrogens is 448 g/mol. The standard InChI is InChI=1S/C21H24N6O3S2/c1-25-8-16(7-23-25)9-26-10-17(30-13-15-4-3-5-22-6-15)11-27(12-19(26)28)20(29)18-14-32-21(24-18)31-2/h3-8,14,17H,9-13H2,1-2H3/t17-/m1/s1. The second-order valence-electron chi connectivity index (χ2n) is 7.48. The van der Waals surface area contributed by atoms with Crippen LogP contribution in [-0.4, -0.2) is 73.4 Å². The Labute approximate surface area is 194 Å². The van der Waals surface area contributed by atoms with Crippen LogP contribution in [0.4, 0.5) is 0 Å². The third kappa shape index (κ3) is 5.53. The number of thioether (sulfide) groups is 1. The molecule has 11 heteroatoms. The maximum atomic E-state index is 13.1. The number of hydrogen-bond acceptors (Lipinski definition) is 8. The normalized spacial score (nSPS) is 16.9. The second kappa shape index (κ2) is 10.2. The quantitative estimate of drug-likeness (QED) is 0.486. The largest absolute Gasteiger partial charge is 0.370 e. The average molecular weight is 473 g/mol. The molecule has 32 heavy (non-hydrogen) atoms. The summed E-state index contributed by atoms with van der Waals surface area (Å²) in [5.41, 5.74) is 2.22. The highest BCUT2D eigenvalue weighted by atomic mass is 32.2. The molecule has 1 aliphatic heterocycles. The van der Waals surface area contributed by atoms with Crippen molar-refractivity contribution in [3.05, 3.63) is 59.1 Å². The summed E-state index contributed by atoms with van der Waals surface area (Å²) < 4.78 is 8.66. The molecule has 3 aromatic heterocycles. The molecule has 0 aliphatic carbocycles. The minimum Gasteiger partial charge on any atom is -0.370 e. The van der Waals surface area contributed by atoms with E-state index in [1.54, 1.807) is 38.5 Å². The smallest absolute Gasteiger partial charge is 0.273 e. The first kappa shape index (κ1) is 22.4. The Morgan fingerprint density at radius 1 is 1.31 bits per heavy atom. The van der Waals surface area contributed by atoms with E-state index in [0.717, 1.165) is 15.5 Å². The van der Waals surface area contributed by atoms with Crippen molar-refractivity contribution >= 4 is 34.9 Å². The van der Waals surface area contributed by atoms with Crippen molar-refractivity contribution in [2.24, 2.45) is 7.05 Å². The molecule has 9 nitrogen and oxygen atoms in total. The number of amides is 2. The van der Waals surface area contributed by atoms with Crippen LogP contribution in [0.1, 0.15) is 21.6 Å². The number of ether oxygens (including phenoxy) is 1. The van der Waals surface area contributed by atoms with Crippen LogP contribution >= 0.6 is 23.1 Å². The Hall–Kier alpha value is -2.76. The Bertz CT molecular complexity index is 1070. The number of carbonyl (C=O) groups is 2. The molecule has 0 unspecified atom stereocenters. The fourth-order valence-electron chi connectivity index (χ4n) is 3.47. The van der Waals surface area contributed by atoms with Crippen LogP contribution in [0.25, 0.3) is 0 Å². The van der Waals surface area contributed by atoms with E-state index in [9.17, 15) is 9.59 Å². The fraction of sp³-hybridized carbons (Fsp3) is 0.381. The van der Waals surface area contributed by atoms with Crippen LogP contribution in [0.2, 0.25) is 0 Å². The van der Waals surface area contributed by atoms with Gasteiger partial charge in [0.05, 0.1) is 18.9 Å². The van der Waals surface area contributed by atoms with E-state index in [1.807, 2.05) is 31.6 Å². The van der Waals surface area contributed by atoms with Crippen molar-refractivity contribution in [2.75, 3.05) is 25.9 Å². The zero-order chi connectivity index (χ0) is 22.5. The average Bonchev–Trinajstić information content (AvgIpc) is 3.41. The van der Waals surface area contributed by atoms with E-state index in [0.29, 0.717) is 31.9 Å². The summed E-state index contributed by atoms with van der Waals surface area (Å²) in [7, 11) is 1.84.